The van der Waals surface area contributed by atoms with Crippen LogP contribution in [0, 0.1) is 5.82 Å². The van der Waals surface area contributed by atoms with E-state index in [2.05, 4.69) is 0 Å². The van der Waals surface area contributed by atoms with Crippen LogP contribution in [-0.2, 0) is 19.9 Å². The van der Waals surface area contributed by atoms with E-state index in [9.17, 15) is 21.2 Å². The number of hydrogen-bond acceptors (Lipinski definition) is 5. The summed E-state index contributed by atoms with van der Waals surface area (Å²) >= 11 is 0. The van der Waals surface area contributed by atoms with Gasteiger partial charge in [0.2, 0.25) is 10.0 Å². The summed E-state index contributed by atoms with van der Waals surface area (Å²) < 4.78 is 63.3. The van der Waals surface area contributed by atoms with Crippen LogP contribution in [0.15, 0.2) is 28.0 Å². The van der Waals surface area contributed by atoms with E-state index in [4.69, 9.17) is 5.73 Å². The van der Waals surface area contributed by atoms with Gasteiger partial charge in [0, 0.05) is 25.4 Å². The molecule has 1 saturated heterocycles. The fourth-order valence-corrected chi connectivity index (χ4v) is 5.05. The minimum atomic E-state index is -3.89. The monoisotopic (exact) mass is 386 g/mol. The molecule has 10 heteroatoms. The number of sulfonamides is 1. The number of piperidine rings is 1. The van der Waals surface area contributed by atoms with Gasteiger partial charge in [-0.25, -0.2) is 21.2 Å². The molecule has 1 aliphatic rings. The Labute approximate surface area is 142 Å². The Bertz CT molecular complexity index is 768. The minimum absolute atomic E-state index is 0. The third kappa shape index (κ3) is 4.21. The number of hydrogen-bond donors (Lipinski definition) is 1. The van der Waals surface area contributed by atoms with Gasteiger partial charge >= 0.3 is 0 Å². The van der Waals surface area contributed by atoms with Gasteiger partial charge in [0.1, 0.15) is 10.7 Å². The molecule has 0 aliphatic carbocycles. The van der Waals surface area contributed by atoms with Gasteiger partial charge in [-0.1, -0.05) is 6.42 Å². The van der Waals surface area contributed by atoms with Gasteiger partial charge in [-0.2, -0.15) is 4.31 Å². The predicted molar refractivity (Wildman–Crippen MR) is 87.3 cm³/mol. The molecule has 0 saturated carbocycles. The second kappa shape index (κ2) is 7.43. The van der Waals surface area contributed by atoms with Gasteiger partial charge in [-0.3, -0.25) is 0 Å². The Kier molecular flexibility index (Phi) is 6.56. The fourth-order valence-electron chi connectivity index (χ4n) is 2.60. The smallest absolute Gasteiger partial charge is 0.243 e. The van der Waals surface area contributed by atoms with Crippen molar-refractivity contribution in [3.05, 3.63) is 24.0 Å². The number of nitrogens with zero attached hydrogens (tertiary/aromatic N) is 1. The first-order chi connectivity index (χ1) is 10.2. The summed E-state index contributed by atoms with van der Waals surface area (Å²) in [6.07, 6.45) is 3.16. The molecule has 0 spiro atoms. The second-order valence-corrected chi connectivity index (χ2v) is 9.24. The van der Waals surface area contributed by atoms with Gasteiger partial charge in [0.05, 0.1) is 4.90 Å². The highest BCUT2D eigenvalue weighted by atomic mass is 35.5. The number of sulfone groups is 1. The van der Waals surface area contributed by atoms with E-state index >= 15 is 0 Å². The van der Waals surface area contributed by atoms with Gasteiger partial charge in [-0.05, 0) is 31.0 Å². The topological polar surface area (TPSA) is 97.5 Å². The summed E-state index contributed by atoms with van der Waals surface area (Å²) in [6.45, 7) is 0.531. The van der Waals surface area contributed by atoms with E-state index < -0.39 is 30.6 Å². The molecular formula is C13H20ClFN2O4S2. The molecule has 6 nitrogen and oxygen atoms in total. The van der Waals surface area contributed by atoms with Crippen molar-refractivity contribution in [2.75, 3.05) is 19.3 Å². The molecule has 0 radical (unpaired) electrons. The largest absolute Gasteiger partial charge is 0.329 e. The van der Waals surface area contributed by atoms with Crippen molar-refractivity contribution < 1.29 is 21.2 Å². The van der Waals surface area contributed by atoms with Crippen LogP contribution in [0.4, 0.5) is 4.39 Å². The normalized spacial score (nSPS) is 20.0. The van der Waals surface area contributed by atoms with Gasteiger partial charge in [0.25, 0.3) is 0 Å². The molecular weight excluding hydrogens is 367 g/mol. The minimum Gasteiger partial charge on any atom is -0.329 e. The average Bonchev–Trinajstić information content (AvgIpc) is 2.45. The molecule has 0 amide bonds. The first kappa shape index (κ1) is 20.3. The Balaban J connectivity index is 0.00000264. The summed E-state index contributed by atoms with van der Waals surface area (Å²) in [5.74, 6) is -1.06. The predicted octanol–water partition coefficient (Wildman–Crippen LogP) is 1.15. The van der Waals surface area contributed by atoms with E-state index in [-0.39, 0.29) is 29.9 Å². The van der Waals surface area contributed by atoms with E-state index in [1.54, 1.807) is 0 Å². The molecule has 1 fully saturated rings. The van der Waals surface area contributed by atoms with Crippen molar-refractivity contribution in [3.63, 3.8) is 0 Å². The molecule has 1 atom stereocenters. The van der Waals surface area contributed by atoms with Crippen molar-refractivity contribution in [3.8, 4) is 0 Å². The maximum absolute atomic E-state index is 13.9. The van der Waals surface area contributed by atoms with E-state index in [0.717, 1.165) is 37.3 Å². The summed E-state index contributed by atoms with van der Waals surface area (Å²) in [4.78, 5) is -0.766. The molecule has 1 aromatic rings. The molecule has 23 heavy (non-hydrogen) atoms. The highest BCUT2D eigenvalue weighted by Gasteiger charge is 2.33. The molecule has 2 rings (SSSR count). The van der Waals surface area contributed by atoms with Crippen molar-refractivity contribution >= 4 is 32.3 Å². The molecule has 0 aromatic heterocycles. The average molecular weight is 387 g/mol. The number of benzene rings is 1. The standard InChI is InChI=1S/C13H19FN2O4S2.ClH/c1-21(17,18)13-6-5-11(8-12(13)14)22(19,20)16-7-3-2-4-10(16)9-15;/h5-6,8,10H,2-4,7,9,15H2,1H3;1H. The quantitative estimate of drug-likeness (QED) is 0.837. The summed E-state index contributed by atoms with van der Waals surface area (Å²) in [5, 5.41) is 0. The summed E-state index contributed by atoms with van der Waals surface area (Å²) in [6, 6.07) is 2.56. The third-order valence-corrected chi connectivity index (χ3v) is 6.83. The lowest BCUT2D eigenvalue weighted by atomic mass is 10.1. The molecule has 1 aromatic carbocycles. The molecule has 2 N–H and O–H groups in total. The SMILES string of the molecule is CS(=O)(=O)c1ccc(S(=O)(=O)N2CCCCC2CN)cc1F.Cl. The van der Waals surface area contributed by atoms with Crippen molar-refractivity contribution in [1.29, 1.82) is 0 Å². The highest BCUT2D eigenvalue weighted by molar-refractivity contribution is 7.90. The van der Waals surface area contributed by atoms with Crippen molar-refractivity contribution in [1.82, 2.24) is 4.31 Å². The van der Waals surface area contributed by atoms with Crippen LogP contribution in [-0.4, -0.2) is 46.5 Å². The Morgan fingerprint density at radius 1 is 1.26 bits per heavy atom. The van der Waals surface area contributed by atoms with E-state index in [0.29, 0.717) is 13.0 Å². The van der Waals surface area contributed by atoms with Crippen molar-refractivity contribution in [2.45, 2.75) is 35.1 Å². The zero-order chi connectivity index (χ0) is 16.5. The number of rotatable bonds is 4. The van der Waals surface area contributed by atoms with Crippen LogP contribution in [0.1, 0.15) is 19.3 Å². The Hall–Kier alpha value is -0.740. The number of halogens is 2. The van der Waals surface area contributed by atoms with Gasteiger partial charge in [-0.15, -0.1) is 12.4 Å². The van der Waals surface area contributed by atoms with Crippen LogP contribution in [0.5, 0.6) is 0 Å². The highest BCUT2D eigenvalue weighted by Crippen LogP contribution is 2.26. The fraction of sp³-hybridized carbons (Fsp3) is 0.538. The summed E-state index contributed by atoms with van der Waals surface area (Å²) in [7, 11) is -7.63. The van der Waals surface area contributed by atoms with Crippen LogP contribution in [0.25, 0.3) is 0 Å². The zero-order valence-electron chi connectivity index (χ0n) is 12.6. The van der Waals surface area contributed by atoms with Crippen molar-refractivity contribution in [2.24, 2.45) is 5.73 Å². The lowest BCUT2D eigenvalue weighted by Gasteiger charge is -2.33. The number of nitrogens with two attached hydrogens (primary N) is 1. The maximum Gasteiger partial charge on any atom is 0.243 e. The van der Waals surface area contributed by atoms with Crippen LogP contribution < -0.4 is 5.73 Å². The lowest BCUT2D eigenvalue weighted by molar-refractivity contribution is 0.257. The molecule has 1 heterocycles. The Morgan fingerprint density at radius 2 is 1.91 bits per heavy atom. The third-order valence-electron chi connectivity index (χ3n) is 3.75. The Morgan fingerprint density at radius 3 is 2.43 bits per heavy atom. The van der Waals surface area contributed by atoms with Gasteiger partial charge in [0.15, 0.2) is 9.84 Å². The lowest BCUT2D eigenvalue weighted by Crippen LogP contribution is -2.47. The summed E-state index contributed by atoms with van der Waals surface area (Å²) in [5.41, 5.74) is 5.62. The second-order valence-electron chi connectivity index (χ2n) is 5.37. The van der Waals surface area contributed by atoms with E-state index in [1.165, 1.54) is 4.31 Å². The maximum atomic E-state index is 13.9. The molecule has 1 aliphatic heterocycles. The first-order valence-corrected chi connectivity index (χ1v) is 10.2. The molecule has 0 bridgehead atoms. The first-order valence-electron chi connectivity index (χ1n) is 6.89. The zero-order valence-corrected chi connectivity index (χ0v) is 15.1. The van der Waals surface area contributed by atoms with Gasteiger partial charge < -0.3 is 5.73 Å². The molecule has 1 unspecified atom stereocenters. The van der Waals surface area contributed by atoms with Crippen LogP contribution in [0.2, 0.25) is 0 Å². The van der Waals surface area contributed by atoms with Crippen LogP contribution >= 0.6 is 12.4 Å². The van der Waals surface area contributed by atoms with E-state index in [1.807, 2.05) is 0 Å². The molecule has 132 valence electrons. The van der Waals surface area contributed by atoms with Crippen LogP contribution in [0.3, 0.4) is 0 Å².